The average molecular weight is 470 g/mol. The number of carbonyl (C=O) groups is 1. The lowest BCUT2D eigenvalue weighted by atomic mass is 9.75. The molecular weight excluding hydrogens is 430 g/mol. The first-order chi connectivity index (χ1) is 17.1. The fourth-order valence-corrected chi connectivity index (χ4v) is 6.55. The second-order valence-corrected chi connectivity index (χ2v) is 11.1. The third-order valence-electron chi connectivity index (χ3n) is 8.16. The summed E-state index contributed by atoms with van der Waals surface area (Å²) in [5.74, 6) is 1.90. The van der Waals surface area contributed by atoms with E-state index in [0.717, 1.165) is 50.7 Å². The highest BCUT2D eigenvalue weighted by Gasteiger charge is 2.37. The lowest BCUT2D eigenvalue weighted by Crippen LogP contribution is -2.53. The Kier molecular flexibility index (Phi) is 7.48. The summed E-state index contributed by atoms with van der Waals surface area (Å²) >= 11 is 0. The number of fused-ring (bicyclic) bond motifs is 1. The normalized spacial score (nSPS) is 27.1. The summed E-state index contributed by atoms with van der Waals surface area (Å²) in [4.78, 5) is 20.5. The predicted octanol–water partition coefficient (Wildman–Crippen LogP) is 6.00. The van der Waals surface area contributed by atoms with Crippen molar-refractivity contribution in [3.05, 3.63) is 78.0 Å². The number of carbonyl (C=O) groups excluding carboxylic acids is 1. The molecule has 0 spiro atoms. The first kappa shape index (κ1) is 24.0. The first-order valence-electron chi connectivity index (χ1n) is 13.5. The van der Waals surface area contributed by atoms with Crippen LogP contribution in [0, 0.1) is 17.8 Å². The van der Waals surface area contributed by atoms with Crippen LogP contribution < -0.4 is 5.32 Å². The van der Waals surface area contributed by atoms with Crippen LogP contribution in [-0.2, 0) is 17.8 Å². The molecular formula is C31H39N3O. The highest BCUT2D eigenvalue weighted by atomic mass is 16.2. The Balaban J connectivity index is 1.29. The molecule has 2 aliphatic rings. The molecule has 2 fully saturated rings. The van der Waals surface area contributed by atoms with Crippen molar-refractivity contribution in [3.63, 3.8) is 0 Å². The van der Waals surface area contributed by atoms with E-state index in [1.807, 2.05) is 12.3 Å². The van der Waals surface area contributed by atoms with Gasteiger partial charge in [-0.2, -0.15) is 0 Å². The molecule has 5 atom stereocenters. The van der Waals surface area contributed by atoms with E-state index in [0.29, 0.717) is 23.8 Å². The summed E-state index contributed by atoms with van der Waals surface area (Å²) < 4.78 is 0. The molecule has 4 nitrogen and oxygen atoms in total. The third kappa shape index (κ3) is 5.75. The fourth-order valence-electron chi connectivity index (χ4n) is 6.55. The van der Waals surface area contributed by atoms with Crippen LogP contribution in [0.3, 0.4) is 0 Å². The second-order valence-electron chi connectivity index (χ2n) is 11.1. The second kappa shape index (κ2) is 10.9. The SMILES string of the molecule is C[C@@H]1CC(C(=O)N2CC[C@H](NCc3ccnc4ccccc34)C[C@H]2Cc2ccccc2)C[C@H](C)C1. The van der Waals surface area contributed by atoms with Gasteiger partial charge < -0.3 is 10.2 Å². The lowest BCUT2D eigenvalue weighted by molar-refractivity contribution is -0.141. The molecule has 4 heteroatoms. The van der Waals surface area contributed by atoms with Gasteiger partial charge in [0.2, 0.25) is 5.91 Å². The van der Waals surface area contributed by atoms with Gasteiger partial charge in [-0.1, -0.05) is 62.4 Å². The molecule has 1 aliphatic heterocycles. The molecule has 35 heavy (non-hydrogen) atoms. The number of rotatable bonds is 6. The number of hydrogen-bond acceptors (Lipinski definition) is 3. The van der Waals surface area contributed by atoms with Gasteiger partial charge in [-0.3, -0.25) is 9.78 Å². The molecule has 5 rings (SSSR count). The number of amides is 1. The Labute approximate surface area is 210 Å². The molecule has 1 aromatic heterocycles. The lowest BCUT2D eigenvalue weighted by Gasteiger charge is -2.43. The summed E-state index contributed by atoms with van der Waals surface area (Å²) in [5, 5.41) is 5.05. The molecule has 0 bridgehead atoms. The Morgan fingerprint density at radius 3 is 2.49 bits per heavy atom. The van der Waals surface area contributed by atoms with Crippen molar-refractivity contribution in [3.8, 4) is 0 Å². The number of nitrogens with one attached hydrogen (secondary N) is 1. The third-order valence-corrected chi connectivity index (χ3v) is 8.16. The zero-order chi connectivity index (χ0) is 24.2. The van der Waals surface area contributed by atoms with Crippen LogP contribution in [0.5, 0.6) is 0 Å². The van der Waals surface area contributed by atoms with Crippen LogP contribution in [0.15, 0.2) is 66.9 Å². The van der Waals surface area contributed by atoms with Gasteiger partial charge in [-0.15, -0.1) is 0 Å². The number of pyridine rings is 1. The van der Waals surface area contributed by atoms with Gasteiger partial charge in [0.15, 0.2) is 0 Å². The van der Waals surface area contributed by atoms with Crippen LogP contribution in [-0.4, -0.2) is 34.4 Å². The van der Waals surface area contributed by atoms with E-state index >= 15 is 0 Å². The van der Waals surface area contributed by atoms with Crippen LogP contribution in [0.1, 0.15) is 57.1 Å². The largest absolute Gasteiger partial charge is 0.339 e. The minimum atomic E-state index is 0.194. The molecule has 1 N–H and O–H groups in total. The van der Waals surface area contributed by atoms with Crippen LogP contribution >= 0.6 is 0 Å². The molecule has 2 aromatic carbocycles. The van der Waals surface area contributed by atoms with Gasteiger partial charge in [-0.25, -0.2) is 0 Å². The molecule has 1 unspecified atom stereocenters. The predicted molar refractivity (Wildman–Crippen MR) is 143 cm³/mol. The van der Waals surface area contributed by atoms with E-state index < -0.39 is 0 Å². The molecule has 3 aromatic rings. The van der Waals surface area contributed by atoms with Gasteiger partial charge >= 0.3 is 0 Å². The Morgan fingerprint density at radius 1 is 0.943 bits per heavy atom. The minimum Gasteiger partial charge on any atom is -0.339 e. The maximum Gasteiger partial charge on any atom is 0.225 e. The van der Waals surface area contributed by atoms with E-state index in [1.165, 1.54) is 22.9 Å². The molecule has 0 radical (unpaired) electrons. The molecule has 1 saturated carbocycles. The van der Waals surface area contributed by atoms with Crippen molar-refractivity contribution in [1.82, 2.24) is 15.2 Å². The van der Waals surface area contributed by atoms with E-state index in [4.69, 9.17) is 0 Å². The standard InChI is InChI=1S/C31H39N3O/c1-22-16-23(2)18-26(17-22)31(35)34-15-13-27(20-28(34)19-24-8-4-3-5-9-24)33-21-25-12-14-32-30-11-7-6-10-29(25)30/h3-12,14,22-23,26-28,33H,13,15-21H2,1-2H3/t22-,23+,26?,27-,28+/m0/s1. The van der Waals surface area contributed by atoms with Crippen molar-refractivity contribution in [2.24, 2.45) is 17.8 Å². The van der Waals surface area contributed by atoms with Gasteiger partial charge in [0, 0.05) is 42.7 Å². The number of hydrogen-bond donors (Lipinski definition) is 1. The van der Waals surface area contributed by atoms with Gasteiger partial charge in [0.05, 0.1) is 5.52 Å². The van der Waals surface area contributed by atoms with Crippen molar-refractivity contribution in [1.29, 1.82) is 0 Å². The Hall–Kier alpha value is -2.72. The molecule has 2 heterocycles. The minimum absolute atomic E-state index is 0.194. The molecule has 1 saturated heterocycles. The van der Waals surface area contributed by atoms with Crippen LogP contribution in [0.2, 0.25) is 0 Å². The van der Waals surface area contributed by atoms with E-state index in [1.54, 1.807) is 0 Å². The molecule has 1 aliphatic carbocycles. The number of benzene rings is 2. The first-order valence-corrected chi connectivity index (χ1v) is 13.5. The number of piperidine rings is 1. The van der Waals surface area contributed by atoms with Crippen LogP contribution in [0.25, 0.3) is 10.9 Å². The van der Waals surface area contributed by atoms with E-state index in [9.17, 15) is 4.79 Å². The quantitative estimate of drug-likeness (QED) is 0.482. The summed E-state index contributed by atoms with van der Waals surface area (Å²) in [6.45, 7) is 6.31. The fraction of sp³-hybridized carbons (Fsp3) is 0.484. The average Bonchev–Trinajstić information content (AvgIpc) is 2.87. The zero-order valence-electron chi connectivity index (χ0n) is 21.2. The highest BCUT2D eigenvalue weighted by molar-refractivity contribution is 5.81. The highest BCUT2D eigenvalue weighted by Crippen LogP contribution is 2.35. The summed E-state index contributed by atoms with van der Waals surface area (Å²) in [7, 11) is 0. The number of aromatic nitrogens is 1. The van der Waals surface area contributed by atoms with Gasteiger partial charge in [0.1, 0.15) is 0 Å². The number of likely N-dealkylation sites (tertiary alicyclic amines) is 1. The summed E-state index contributed by atoms with van der Waals surface area (Å²) in [6.07, 6.45) is 8.21. The van der Waals surface area contributed by atoms with Crippen molar-refractivity contribution < 1.29 is 4.79 Å². The topological polar surface area (TPSA) is 45.2 Å². The zero-order valence-corrected chi connectivity index (χ0v) is 21.2. The number of nitrogens with zero attached hydrogens (tertiary/aromatic N) is 2. The maximum absolute atomic E-state index is 13.8. The van der Waals surface area contributed by atoms with E-state index in [2.05, 4.69) is 83.6 Å². The van der Waals surface area contributed by atoms with Crippen molar-refractivity contribution >= 4 is 16.8 Å². The van der Waals surface area contributed by atoms with Crippen molar-refractivity contribution in [2.75, 3.05) is 6.54 Å². The smallest absolute Gasteiger partial charge is 0.225 e. The monoisotopic (exact) mass is 469 g/mol. The molecule has 1 amide bonds. The van der Waals surface area contributed by atoms with Gasteiger partial charge in [0.25, 0.3) is 0 Å². The summed E-state index contributed by atoms with van der Waals surface area (Å²) in [5.41, 5.74) is 3.66. The Bertz CT molecular complexity index is 1120. The van der Waals surface area contributed by atoms with Gasteiger partial charge in [-0.05, 0) is 73.6 Å². The van der Waals surface area contributed by atoms with E-state index in [-0.39, 0.29) is 12.0 Å². The van der Waals surface area contributed by atoms with Crippen LogP contribution in [0.4, 0.5) is 0 Å². The molecule has 184 valence electrons. The summed E-state index contributed by atoms with van der Waals surface area (Å²) in [6, 6.07) is 21.8. The van der Waals surface area contributed by atoms with Crippen molar-refractivity contribution in [2.45, 2.75) is 71.0 Å². The number of para-hydroxylation sites is 1. The maximum atomic E-state index is 13.8. The Morgan fingerprint density at radius 2 is 1.69 bits per heavy atom.